The Hall–Kier alpha value is -2.79. The molecule has 0 bridgehead atoms. The molecule has 0 aliphatic carbocycles. The van der Waals surface area contributed by atoms with Gasteiger partial charge in [-0.15, -0.1) is 0 Å². The van der Waals surface area contributed by atoms with Crippen LogP contribution in [0.15, 0.2) is 48.5 Å². The summed E-state index contributed by atoms with van der Waals surface area (Å²) in [6.45, 7) is 4.29. The number of carbonyl (C=O) groups is 1. The lowest BCUT2D eigenvalue weighted by Gasteiger charge is -2.10. The van der Waals surface area contributed by atoms with Crippen molar-refractivity contribution in [2.45, 2.75) is 20.3 Å². The number of rotatable bonds is 6. The minimum Gasteiger partial charge on any atom is -0.496 e. The largest absolute Gasteiger partial charge is 0.496 e. The Bertz CT molecular complexity index is 952. The molecule has 3 rings (SSSR count). The molecule has 6 heteroatoms. The number of nitrogens with zero attached hydrogens (tertiary/aromatic N) is 2. The molecular formula is C21H22ClN3O2. The molecule has 0 unspecified atom stereocenters. The van der Waals surface area contributed by atoms with Gasteiger partial charge in [0.2, 0.25) is 0 Å². The van der Waals surface area contributed by atoms with Gasteiger partial charge in [-0.1, -0.05) is 47.5 Å². The summed E-state index contributed by atoms with van der Waals surface area (Å²) in [6, 6.07) is 15.5. The van der Waals surface area contributed by atoms with Crippen LogP contribution in [-0.2, 0) is 6.42 Å². The van der Waals surface area contributed by atoms with Crippen LogP contribution in [0.2, 0.25) is 5.15 Å². The second-order valence-electron chi connectivity index (χ2n) is 6.32. The molecule has 0 aliphatic rings. The highest BCUT2D eigenvalue weighted by Gasteiger charge is 2.20. The molecule has 0 radical (unpaired) electrons. The lowest BCUT2D eigenvalue weighted by Crippen LogP contribution is -2.26. The Labute approximate surface area is 163 Å². The third-order valence-corrected chi connectivity index (χ3v) is 4.70. The summed E-state index contributed by atoms with van der Waals surface area (Å²) in [5, 5.41) is 7.65. The number of nitrogens with one attached hydrogen (secondary N) is 1. The van der Waals surface area contributed by atoms with Gasteiger partial charge in [-0.25, -0.2) is 4.68 Å². The summed E-state index contributed by atoms with van der Waals surface area (Å²) in [5.74, 6) is 0.590. The third-order valence-electron chi connectivity index (χ3n) is 4.35. The van der Waals surface area contributed by atoms with Crippen LogP contribution in [-0.4, -0.2) is 29.3 Å². The van der Waals surface area contributed by atoms with Crippen LogP contribution in [0.25, 0.3) is 5.69 Å². The topological polar surface area (TPSA) is 56.1 Å². The maximum absolute atomic E-state index is 12.7. The van der Waals surface area contributed by atoms with Crippen molar-refractivity contribution in [2.24, 2.45) is 0 Å². The molecule has 1 N–H and O–H groups in total. The van der Waals surface area contributed by atoms with E-state index in [-0.39, 0.29) is 5.91 Å². The molecule has 1 heterocycles. The van der Waals surface area contributed by atoms with E-state index in [0.29, 0.717) is 29.4 Å². The third kappa shape index (κ3) is 4.14. The molecule has 0 fully saturated rings. The molecular weight excluding hydrogens is 362 g/mol. The minimum atomic E-state index is -0.230. The van der Waals surface area contributed by atoms with Crippen molar-refractivity contribution < 1.29 is 9.53 Å². The first-order valence-electron chi connectivity index (χ1n) is 8.73. The van der Waals surface area contributed by atoms with Crippen LogP contribution in [0.5, 0.6) is 5.75 Å². The Morgan fingerprint density at radius 3 is 2.63 bits per heavy atom. The van der Waals surface area contributed by atoms with Gasteiger partial charge in [-0.3, -0.25) is 4.79 Å². The number of aryl methyl sites for hydroxylation is 2. The predicted octanol–water partition coefficient (Wildman–Crippen LogP) is 4.12. The fourth-order valence-electron chi connectivity index (χ4n) is 3.00. The van der Waals surface area contributed by atoms with E-state index in [4.69, 9.17) is 16.3 Å². The van der Waals surface area contributed by atoms with Gasteiger partial charge >= 0.3 is 0 Å². The number of para-hydroxylation sites is 1. The van der Waals surface area contributed by atoms with E-state index >= 15 is 0 Å². The zero-order valence-corrected chi connectivity index (χ0v) is 16.4. The number of methoxy groups -OCH3 is 1. The number of hydrogen-bond donors (Lipinski definition) is 1. The standard InChI is InChI=1S/C21H22ClN3O2/c1-14-9-10-18(27-3)16(13-14)11-12-23-21(26)19-15(2)24-25(20(19)22)17-7-5-4-6-8-17/h4-10,13H,11-12H2,1-3H3,(H,23,26). The van der Waals surface area contributed by atoms with Gasteiger partial charge < -0.3 is 10.1 Å². The maximum atomic E-state index is 12.7. The number of halogens is 1. The van der Waals surface area contributed by atoms with Crippen molar-refractivity contribution in [3.63, 3.8) is 0 Å². The summed E-state index contributed by atoms with van der Waals surface area (Å²) in [4.78, 5) is 12.7. The molecule has 5 nitrogen and oxygen atoms in total. The Balaban J connectivity index is 1.72. The maximum Gasteiger partial charge on any atom is 0.256 e. The fraction of sp³-hybridized carbons (Fsp3) is 0.238. The molecule has 0 saturated carbocycles. The average molecular weight is 384 g/mol. The van der Waals surface area contributed by atoms with E-state index in [1.165, 1.54) is 0 Å². The number of ether oxygens (including phenoxy) is 1. The molecule has 140 valence electrons. The molecule has 0 aliphatic heterocycles. The van der Waals surface area contributed by atoms with Gasteiger partial charge in [-0.05, 0) is 44.0 Å². The molecule has 0 saturated heterocycles. The molecule has 1 amide bonds. The monoisotopic (exact) mass is 383 g/mol. The number of amides is 1. The van der Waals surface area contributed by atoms with Crippen LogP contribution in [0.4, 0.5) is 0 Å². The van der Waals surface area contributed by atoms with Crippen molar-refractivity contribution in [1.29, 1.82) is 0 Å². The van der Waals surface area contributed by atoms with E-state index in [1.807, 2.05) is 49.4 Å². The van der Waals surface area contributed by atoms with Crippen LogP contribution < -0.4 is 10.1 Å². The average Bonchev–Trinajstić information content (AvgIpc) is 2.97. The number of carbonyl (C=O) groups excluding carboxylic acids is 1. The van der Waals surface area contributed by atoms with Crippen molar-refractivity contribution in [3.8, 4) is 11.4 Å². The fourth-order valence-corrected chi connectivity index (χ4v) is 3.36. The Morgan fingerprint density at radius 1 is 1.19 bits per heavy atom. The minimum absolute atomic E-state index is 0.230. The van der Waals surface area contributed by atoms with Gasteiger partial charge in [0, 0.05) is 6.54 Å². The molecule has 3 aromatic rings. The molecule has 27 heavy (non-hydrogen) atoms. The highest BCUT2D eigenvalue weighted by atomic mass is 35.5. The first-order valence-corrected chi connectivity index (χ1v) is 9.11. The lowest BCUT2D eigenvalue weighted by molar-refractivity contribution is 0.0953. The summed E-state index contributed by atoms with van der Waals surface area (Å²) in [6.07, 6.45) is 0.667. The Kier molecular flexibility index (Phi) is 5.81. The van der Waals surface area contributed by atoms with Gasteiger partial charge in [0.25, 0.3) is 5.91 Å². The van der Waals surface area contributed by atoms with Gasteiger partial charge in [0.1, 0.15) is 10.9 Å². The lowest BCUT2D eigenvalue weighted by atomic mass is 10.1. The number of hydrogen-bond acceptors (Lipinski definition) is 3. The van der Waals surface area contributed by atoms with Gasteiger partial charge in [0.05, 0.1) is 24.1 Å². The first kappa shape index (κ1) is 19.0. The van der Waals surface area contributed by atoms with Crippen LogP contribution in [0.3, 0.4) is 0 Å². The summed E-state index contributed by atoms with van der Waals surface area (Å²) in [7, 11) is 1.65. The zero-order valence-electron chi connectivity index (χ0n) is 15.6. The quantitative estimate of drug-likeness (QED) is 0.696. The van der Waals surface area contributed by atoms with Crippen LogP contribution >= 0.6 is 11.6 Å². The van der Waals surface area contributed by atoms with Crippen molar-refractivity contribution >= 4 is 17.5 Å². The summed E-state index contributed by atoms with van der Waals surface area (Å²) >= 11 is 6.44. The van der Waals surface area contributed by atoms with Crippen molar-refractivity contribution in [1.82, 2.24) is 15.1 Å². The van der Waals surface area contributed by atoms with E-state index in [1.54, 1.807) is 18.7 Å². The smallest absolute Gasteiger partial charge is 0.256 e. The summed E-state index contributed by atoms with van der Waals surface area (Å²) in [5.41, 5.74) is 4.01. The second-order valence-corrected chi connectivity index (χ2v) is 6.68. The van der Waals surface area contributed by atoms with Gasteiger partial charge in [0.15, 0.2) is 0 Å². The van der Waals surface area contributed by atoms with Crippen LogP contribution in [0, 0.1) is 13.8 Å². The molecule has 0 spiro atoms. The van der Waals surface area contributed by atoms with E-state index < -0.39 is 0 Å². The first-order chi connectivity index (χ1) is 13.0. The normalized spacial score (nSPS) is 10.7. The highest BCUT2D eigenvalue weighted by molar-refractivity contribution is 6.33. The molecule has 0 atom stereocenters. The summed E-state index contributed by atoms with van der Waals surface area (Å²) < 4.78 is 6.96. The SMILES string of the molecule is COc1ccc(C)cc1CCNC(=O)c1c(C)nn(-c2ccccc2)c1Cl. The molecule has 1 aromatic heterocycles. The molecule has 2 aromatic carbocycles. The number of benzene rings is 2. The number of aromatic nitrogens is 2. The predicted molar refractivity (Wildman–Crippen MR) is 107 cm³/mol. The second kappa shape index (κ2) is 8.27. The van der Waals surface area contributed by atoms with Crippen molar-refractivity contribution in [2.75, 3.05) is 13.7 Å². The zero-order chi connectivity index (χ0) is 19.4. The van der Waals surface area contributed by atoms with Gasteiger partial charge in [-0.2, -0.15) is 5.10 Å². The van der Waals surface area contributed by atoms with E-state index in [9.17, 15) is 4.79 Å². The Morgan fingerprint density at radius 2 is 1.93 bits per heavy atom. The highest BCUT2D eigenvalue weighted by Crippen LogP contribution is 2.24. The van der Waals surface area contributed by atoms with E-state index in [2.05, 4.69) is 16.5 Å². The van der Waals surface area contributed by atoms with Crippen LogP contribution in [0.1, 0.15) is 27.2 Å². The van der Waals surface area contributed by atoms with E-state index in [0.717, 1.165) is 22.6 Å². The van der Waals surface area contributed by atoms with Crippen molar-refractivity contribution in [3.05, 3.63) is 76.1 Å².